The van der Waals surface area contributed by atoms with Crippen molar-refractivity contribution in [2.24, 2.45) is 5.73 Å². The summed E-state index contributed by atoms with van der Waals surface area (Å²) in [6.45, 7) is 5.44. The number of nitrogens with one attached hydrogen (secondary N) is 1. The molecule has 35 heavy (non-hydrogen) atoms. The second-order valence-corrected chi connectivity index (χ2v) is 8.75. The number of halogens is 2. The maximum absolute atomic E-state index is 13.9. The molecule has 0 radical (unpaired) electrons. The van der Waals surface area contributed by atoms with E-state index in [1.54, 1.807) is 29.3 Å². The van der Waals surface area contributed by atoms with Gasteiger partial charge in [0.1, 0.15) is 24.2 Å². The molecule has 2 saturated heterocycles. The third kappa shape index (κ3) is 6.33. The average molecular weight is 506 g/mol. The molecule has 2 aromatic carbocycles. The van der Waals surface area contributed by atoms with Crippen molar-refractivity contribution >= 4 is 29.2 Å². The maximum atomic E-state index is 13.9. The molecule has 2 aromatic rings. The van der Waals surface area contributed by atoms with Crippen LogP contribution in [0.1, 0.15) is 18.0 Å². The summed E-state index contributed by atoms with van der Waals surface area (Å²) in [6.07, 6.45) is 0.664. The summed E-state index contributed by atoms with van der Waals surface area (Å²) in [7, 11) is 0. The van der Waals surface area contributed by atoms with Crippen LogP contribution in [-0.4, -0.2) is 74.4 Å². The summed E-state index contributed by atoms with van der Waals surface area (Å²) >= 11 is 6.28. The lowest BCUT2D eigenvalue weighted by Gasteiger charge is -2.33. The van der Waals surface area contributed by atoms with Gasteiger partial charge in [0.25, 0.3) is 5.91 Å². The number of urea groups is 1. The summed E-state index contributed by atoms with van der Waals surface area (Å²) in [5, 5.41) is 5.95. The number of benzene rings is 2. The van der Waals surface area contributed by atoms with Crippen LogP contribution < -0.4 is 20.8 Å². The number of primary amides is 1. The topological polar surface area (TPSA) is 100 Å². The van der Waals surface area contributed by atoms with Crippen molar-refractivity contribution in [1.29, 1.82) is 0 Å². The van der Waals surface area contributed by atoms with Crippen molar-refractivity contribution < 1.29 is 23.5 Å². The second kappa shape index (κ2) is 11.6. The molecular formula is C24H29ClFN5O4. The van der Waals surface area contributed by atoms with Gasteiger partial charge in [0.2, 0.25) is 0 Å². The number of hydrogen-bond donors (Lipinski definition) is 2. The minimum absolute atomic E-state index is 0.323. The van der Waals surface area contributed by atoms with Gasteiger partial charge in [0.15, 0.2) is 0 Å². The number of anilines is 1. The highest BCUT2D eigenvalue weighted by molar-refractivity contribution is 6.33. The van der Waals surface area contributed by atoms with Crippen molar-refractivity contribution in [3.05, 3.63) is 58.9 Å². The Labute approximate surface area is 208 Å². The minimum Gasteiger partial charge on any atom is -0.492 e. The number of amides is 3. The highest BCUT2D eigenvalue weighted by Crippen LogP contribution is 2.32. The highest BCUT2D eigenvalue weighted by atomic mass is 35.5. The molecule has 188 valence electrons. The molecule has 2 heterocycles. The average Bonchev–Trinajstić information content (AvgIpc) is 3.34. The molecule has 0 bridgehead atoms. The van der Waals surface area contributed by atoms with E-state index in [0.717, 1.165) is 32.8 Å². The van der Waals surface area contributed by atoms with Crippen molar-refractivity contribution in [1.82, 2.24) is 15.2 Å². The highest BCUT2D eigenvalue weighted by Gasteiger charge is 2.34. The predicted octanol–water partition coefficient (Wildman–Crippen LogP) is 2.55. The lowest BCUT2D eigenvalue weighted by Crippen LogP contribution is -2.49. The molecule has 3 amide bonds. The molecule has 2 aliphatic rings. The van der Waals surface area contributed by atoms with Gasteiger partial charge in [0, 0.05) is 38.8 Å². The van der Waals surface area contributed by atoms with Crippen LogP contribution in [0.25, 0.3) is 0 Å². The Bertz CT molecular complexity index is 1040. The number of hydrogen-bond acceptors (Lipinski definition) is 6. The Morgan fingerprint density at radius 3 is 2.57 bits per heavy atom. The van der Waals surface area contributed by atoms with Gasteiger partial charge >= 0.3 is 6.03 Å². The van der Waals surface area contributed by atoms with E-state index in [9.17, 15) is 14.0 Å². The van der Waals surface area contributed by atoms with Crippen molar-refractivity contribution in [3.8, 4) is 5.75 Å². The van der Waals surface area contributed by atoms with Gasteiger partial charge < -0.3 is 20.5 Å². The fourth-order valence-corrected chi connectivity index (χ4v) is 4.44. The van der Waals surface area contributed by atoms with E-state index in [0.29, 0.717) is 48.1 Å². The third-order valence-electron chi connectivity index (χ3n) is 6.00. The number of carbonyl (C=O) groups excluding carboxylic acids is 2. The lowest BCUT2D eigenvalue weighted by molar-refractivity contribution is -0.132. The molecule has 0 aliphatic carbocycles. The fourth-order valence-electron chi connectivity index (χ4n) is 4.23. The number of nitrogens with two attached hydrogens (primary N) is 1. The van der Waals surface area contributed by atoms with E-state index in [1.165, 1.54) is 23.2 Å². The van der Waals surface area contributed by atoms with E-state index >= 15 is 0 Å². The molecule has 0 unspecified atom stereocenters. The molecule has 1 atom stereocenters. The second-order valence-electron chi connectivity index (χ2n) is 8.35. The van der Waals surface area contributed by atoms with Gasteiger partial charge in [0.05, 0.1) is 23.9 Å². The Morgan fingerprint density at radius 2 is 1.86 bits per heavy atom. The first-order valence-corrected chi connectivity index (χ1v) is 11.9. The predicted molar refractivity (Wildman–Crippen MR) is 130 cm³/mol. The molecule has 0 saturated carbocycles. The summed E-state index contributed by atoms with van der Waals surface area (Å²) in [5.41, 5.74) is 6.32. The van der Waals surface area contributed by atoms with Gasteiger partial charge in [-0.1, -0.05) is 23.7 Å². The number of nitrogens with zero attached hydrogens (tertiary/aromatic N) is 3. The van der Waals surface area contributed by atoms with Crippen LogP contribution >= 0.6 is 11.6 Å². The van der Waals surface area contributed by atoms with Gasteiger partial charge in [-0.3, -0.25) is 19.7 Å². The Morgan fingerprint density at radius 1 is 1.11 bits per heavy atom. The van der Waals surface area contributed by atoms with E-state index in [2.05, 4.69) is 10.2 Å². The SMILES string of the molecule is NC(=O)N[C@H](C(=O)N1CCCN1c1cc(F)ccc1Cl)c1ccc(OCCN2CCOCC2)cc1. The monoisotopic (exact) mass is 505 g/mol. The quantitative estimate of drug-likeness (QED) is 0.572. The maximum Gasteiger partial charge on any atom is 0.313 e. The van der Waals surface area contributed by atoms with Crippen LogP contribution in [-0.2, 0) is 9.53 Å². The summed E-state index contributed by atoms with van der Waals surface area (Å²) in [5.74, 6) is -0.205. The van der Waals surface area contributed by atoms with E-state index in [4.69, 9.17) is 26.8 Å². The third-order valence-corrected chi connectivity index (χ3v) is 6.32. The van der Waals surface area contributed by atoms with E-state index < -0.39 is 23.8 Å². The lowest BCUT2D eigenvalue weighted by atomic mass is 10.1. The molecule has 4 rings (SSSR count). The zero-order valence-corrected chi connectivity index (χ0v) is 20.0. The molecule has 0 aromatic heterocycles. The van der Waals surface area contributed by atoms with Gasteiger partial charge in [-0.25, -0.2) is 9.18 Å². The Hall–Kier alpha value is -3.08. The molecule has 2 fully saturated rings. The fraction of sp³-hybridized carbons (Fsp3) is 0.417. The largest absolute Gasteiger partial charge is 0.492 e. The molecular weight excluding hydrogens is 477 g/mol. The smallest absolute Gasteiger partial charge is 0.313 e. The Kier molecular flexibility index (Phi) is 8.27. The summed E-state index contributed by atoms with van der Waals surface area (Å²) < 4.78 is 25.1. The van der Waals surface area contributed by atoms with Crippen LogP contribution in [0.3, 0.4) is 0 Å². The molecule has 9 nitrogen and oxygen atoms in total. The summed E-state index contributed by atoms with van der Waals surface area (Å²) in [4.78, 5) is 27.5. The number of ether oxygens (including phenoxy) is 2. The number of hydrazine groups is 1. The van der Waals surface area contributed by atoms with Gasteiger partial charge in [-0.05, 0) is 36.2 Å². The van der Waals surface area contributed by atoms with Crippen LogP contribution in [0.5, 0.6) is 5.75 Å². The first kappa shape index (κ1) is 25.0. The first-order valence-electron chi connectivity index (χ1n) is 11.5. The van der Waals surface area contributed by atoms with Crippen molar-refractivity contribution in [2.75, 3.05) is 57.6 Å². The van der Waals surface area contributed by atoms with Gasteiger partial charge in [-0.15, -0.1) is 0 Å². The normalized spacial score (nSPS) is 17.3. The van der Waals surface area contributed by atoms with Crippen molar-refractivity contribution in [3.63, 3.8) is 0 Å². The van der Waals surface area contributed by atoms with E-state index in [-0.39, 0.29) is 0 Å². The minimum atomic E-state index is -1.03. The van der Waals surface area contributed by atoms with Crippen LogP contribution in [0.4, 0.5) is 14.9 Å². The zero-order chi connectivity index (χ0) is 24.8. The standard InChI is InChI=1S/C24H29ClFN5O4/c25-20-7-4-18(26)16-21(20)30-8-1-9-31(30)23(32)22(28-24(27)33)17-2-5-19(6-3-17)35-15-12-29-10-13-34-14-11-29/h2-7,16,22H,1,8-15H2,(H3,27,28,33)/t22-/m0/s1. The number of rotatable bonds is 8. The molecule has 11 heteroatoms. The van der Waals surface area contributed by atoms with E-state index in [1.807, 2.05) is 0 Å². The number of morpholine rings is 1. The number of carbonyl (C=O) groups is 2. The molecule has 3 N–H and O–H groups in total. The summed E-state index contributed by atoms with van der Waals surface area (Å²) in [6, 6.07) is 9.09. The van der Waals surface area contributed by atoms with Gasteiger partial charge in [-0.2, -0.15) is 0 Å². The van der Waals surface area contributed by atoms with Crippen molar-refractivity contribution in [2.45, 2.75) is 12.5 Å². The van der Waals surface area contributed by atoms with Crippen LogP contribution in [0.2, 0.25) is 5.02 Å². The van der Waals surface area contributed by atoms with Crippen LogP contribution in [0.15, 0.2) is 42.5 Å². The zero-order valence-electron chi connectivity index (χ0n) is 19.3. The first-order chi connectivity index (χ1) is 16.9. The Balaban J connectivity index is 1.45. The molecule has 0 spiro atoms. The molecule has 2 aliphatic heterocycles. The van der Waals surface area contributed by atoms with Crippen LogP contribution in [0, 0.1) is 5.82 Å².